The van der Waals surface area contributed by atoms with E-state index in [2.05, 4.69) is 38.0 Å². The third kappa shape index (κ3) is 4.82. The van der Waals surface area contributed by atoms with Gasteiger partial charge in [0.2, 0.25) is 0 Å². The second kappa shape index (κ2) is 9.18. The summed E-state index contributed by atoms with van der Waals surface area (Å²) in [7, 11) is 0. The maximum absolute atomic E-state index is 13.0. The minimum Gasteiger partial charge on any atom is -0.378 e. The summed E-state index contributed by atoms with van der Waals surface area (Å²) in [6, 6.07) is 7.74. The van der Waals surface area contributed by atoms with E-state index in [0.29, 0.717) is 37.4 Å². The topological polar surface area (TPSA) is 71.5 Å². The van der Waals surface area contributed by atoms with E-state index in [1.54, 1.807) is 11.0 Å². The number of carbonyl (C=O) groups is 2. The van der Waals surface area contributed by atoms with Crippen LogP contribution in [0.15, 0.2) is 36.7 Å². The van der Waals surface area contributed by atoms with Gasteiger partial charge < -0.3 is 15.0 Å². The molecule has 0 unspecified atom stereocenters. The molecule has 6 nitrogen and oxygen atoms in total. The van der Waals surface area contributed by atoms with Gasteiger partial charge in [0, 0.05) is 31.2 Å². The van der Waals surface area contributed by atoms with Gasteiger partial charge in [-0.25, -0.2) is 0 Å². The van der Waals surface area contributed by atoms with Crippen LogP contribution < -0.4 is 5.32 Å². The first kappa shape index (κ1) is 21.0. The fourth-order valence-corrected chi connectivity index (χ4v) is 3.51. The molecule has 2 amide bonds. The van der Waals surface area contributed by atoms with Gasteiger partial charge in [0.25, 0.3) is 11.8 Å². The van der Waals surface area contributed by atoms with E-state index in [0.717, 1.165) is 16.8 Å². The summed E-state index contributed by atoms with van der Waals surface area (Å²) in [5.74, 6) is 0.165. The minimum absolute atomic E-state index is 0.124. The Morgan fingerprint density at radius 1 is 1.00 bits per heavy atom. The molecule has 1 aromatic carbocycles. The van der Waals surface area contributed by atoms with E-state index < -0.39 is 0 Å². The fourth-order valence-electron chi connectivity index (χ4n) is 3.51. The maximum atomic E-state index is 13.0. The van der Waals surface area contributed by atoms with Crippen LogP contribution in [0, 0.1) is 0 Å². The average molecular weight is 396 g/mol. The first-order valence-corrected chi connectivity index (χ1v) is 10.1. The SMILES string of the molecule is CC(C)c1cccc(C(C)C)c1NC(=O)c1cncc(C(=O)N2CCOCC2)c1. The normalized spacial score (nSPS) is 14.3. The molecule has 2 heterocycles. The van der Waals surface area contributed by atoms with Crippen molar-refractivity contribution in [3.05, 3.63) is 58.9 Å². The van der Waals surface area contributed by atoms with Crippen molar-refractivity contribution in [3.63, 3.8) is 0 Å². The Balaban J connectivity index is 1.86. The van der Waals surface area contributed by atoms with Crippen molar-refractivity contribution in [2.45, 2.75) is 39.5 Å². The Labute approximate surface area is 172 Å². The highest BCUT2D eigenvalue weighted by Gasteiger charge is 2.21. The van der Waals surface area contributed by atoms with Gasteiger partial charge >= 0.3 is 0 Å². The molecule has 0 atom stereocenters. The lowest BCUT2D eigenvalue weighted by molar-refractivity contribution is 0.0302. The van der Waals surface area contributed by atoms with Crippen molar-refractivity contribution in [2.75, 3.05) is 31.6 Å². The zero-order valence-corrected chi connectivity index (χ0v) is 17.6. The molecule has 1 fully saturated rings. The lowest BCUT2D eigenvalue weighted by atomic mass is 9.92. The van der Waals surface area contributed by atoms with E-state index in [1.165, 1.54) is 12.4 Å². The van der Waals surface area contributed by atoms with Gasteiger partial charge in [-0.3, -0.25) is 14.6 Å². The number of morpholine rings is 1. The van der Waals surface area contributed by atoms with E-state index in [9.17, 15) is 9.59 Å². The first-order chi connectivity index (χ1) is 13.9. The summed E-state index contributed by atoms with van der Waals surface area (Å²) >= 11 is 0. The summed E-state index contributed by atoms with van der Waals surface area (Å²) in [6.45, 7) is 10.6. The highest BCUT2D eigenvalue weighted by atomic mass is 16.5. The zero-order valence-electron chi connectivity index (χ0n) is 17.6. The minimum atomic E-state index is -0.260. The summed E-state index contributed by atoms with van der Waals surface area (Å²) in [4.78, 5) is 31.6. The molecule has 0 bridgehead atoms. The molecule has 0 radical (unpaired) electrons. The Hall–Kier alpha value is -2.73. The number of benzene rings is 1. The summed E-state index contributed by atoms with van der Waals surface area (Å²) in [6.07, 6.45) is 3.01. The van der Waals surface area contributed by atoms with E-state index in [1.807, 2.05) is 18.2 Å². The lowest BCUT2D eigenvalue weighted by Crippen LogP contribution is -2.40. The zero-order chi connectivity index (χ0) is 21.0. The number of ether oxygens (including phenoxy) is 1. The van der Waals surface area contributed by atoms with Gasteiger partial charge in [0.05, 0.1) is 24.3 Å². The Morgan fingerprint density at radius 3 is 2.17 bits per heavy atom. The van der Waals surface area contributed by atoms with Crippen molar-refractivity contribution in [3.8, 4) is 0 Å². The number of nitrogens with zero attached hydrogens (tertiary/aromatic N) is 2. The van der Waals surface area contributed by atoms with Gasteiger partial charge in [-0.15, -0.1) is 0 Å². The molecule has 1 aliphatic heterocycles. The molecular formula is C23H29N3O3. The van der Waals surface area contributed by atoms with Crippen molar-refractivity contribution >= 4 is 17.5 Å². The Morgan fingerprint density at radius 2 is 1.59 bits per heavy atom. The lowest BCUT2D eigenvalue weighted by Gasteiger charge is -2.26. The average Bonchev–Trinajstić information content (AvgIpc) is 2.73. The first-order valence-electron chi connectivity index (χ1n) is 10.1. The van der Waals surface area contributed by atoms with Crippen LogP contribution in [0.2, 0.25) is 0 Å². The quantitative estimate of drug-likeness (QED) is 0.829. The van der Waals surface area contributed by atoms with Gasteiger partial charge in [0.1, 0.15) is 0 Å². The van der Waals surface area contributed by atoms with Crippen LogP contribution in [0.4, 0.5) is 5.69 Å². The van der Waals surface area contributed by atoms with Gasteiger partial charge in [-0.2, -0.15) is 0 Å². The monoisotopic (exact) mass is 395 g/mol. The number of para-hydroxylation sites is 1. The number of hydrogen-bond acceptors (Lipinski definition) is 4. The molecule has 3 rings (SSSR count). The number of anilines is 1. The van der Waals surface area contributed by atoms with Gasteiger partial charge in [-0.05, 0) is 29.0 Å². The van der Waals surface area contributed by atoms with Crippen LogP contribution in [0.1, 0.15) is 71.4 Å². The molecule has 0 aliphatic carbocycles. The largest absolute Gasteiger partial charge is 0.378 e. The molecule has 0 spiro atoms. The van der Waals surface area contributed by atoms with Crippen molar-refractivity contribution in [2.24, 2.45) is 0 Å². The summed E-state index contributed by atoms with van der Waals surface area (Å²) < 4.78 is 5.30. The second-order valence-electron chi connectivity index (χ2n) is 7.94. The smallest absolute Gasteiger partial charge is 0.257 e. The van der Waals surface area contributed by atoms with Crippen LogP contribution in [0.25, 0.3) is 0 Å². The standard InChI is InChI=1S/C23H29N3O3/c1-15(2)19-6-5-7-20(16(3)4)21(19)25-22(27)17-12-18(14-24-13-17)23(28)26-8-10-29-11-9-26/h5-7,12-16H,8-11H2,1-4H3,(H,25,27). The van der Waals surface area contributed by atoms with Gasteiger partial charge in [-0.1, -0.05) is 45.9 Å². The molecule has 29 heavy (non-hydrogen) atoms. The molecule has 154 valence electrons. The summed E-state index contributed by atoms with van der Waals surface area (Å²) in [5, 5.41) is 3.08. The maximum Gasteiger partial charge on any atom is 0.257 e. The third-order valence-corrected chi connectivity index (χ3v) is 5.16. The molecule has 1 aliphatic rings. The molecule has 2 aromatic rings. The van der Waals surface area contributed by atoms with Crippen molar-refractivity contribution in [1.82, 2.24) is 9.88 Å². The summed E-state index contributed by atoms with van der Waals surface area (Å²) in [5.41, 5.74) is 3.83. The van der Waals surface area contributed by atoms with Crippen molar-refractivity contribution in [1.29, 1.82) is 0 Å². The van der Waals surface area contributed by atoms with Crippen LogP contribution in [0.5, 0.6) is 0 Å². The molecule has 0 saturated carbocycles. The van der Waals surface area contributed by atoms with Crippen molar-refractivity contribution < 1.29 is 14.3 Å². The van der Waals surface area contributed by atoms with E-state index in [-0.39, 0.29) is 23.7 Å². The molecule has 1 N–H and O–H groups in total. The second-order valence-corrected chi connectivity index (χ2v) is 7.94. The number of aromatic nitrogens is 1. The highest BCUT2D eigenvalue weighted by molar-refractivity contribution is 6.06. The van der Waals surface area contributed by atoms with Crippen LogP contribution in [0.3, 0.4) is 0 Å². The third-order valence-electron chi connectivity index (χ3n) is 5.16. The fraction of sp³-hybridized carbons (Fsp3) is 0.435. The van der Waals surface area contributed by atoms with Crippen LogP contribution >= 0.6 is 0 Å². The molecule has 6 heteroatoms. The number of nitrogens with one attached hydrogen (secondary N) is 1. The predicted molar refractivity (Wildman–Crippen MR) is 114 cm³/mol. The number of hydrogen-bond donors (Lipinski definition) is 1. The number of pyridine rings is 1. The number of amides is 2. The van der Waals surface area contributed by atoms with E-state index >= 15 is 0 Å². The highest BCUT2D eigenvalue weighted by Crippen LogP contribution is 2.32. The van der Waals surface area contributed by atoms with E-state index in [4.69, 9.17) is 4.74 Å². The predicted octanol–water partition coefficient (Wildman–Crippen LogP) is 4.05. The molecule has 1 aromatic heterocycles. The Bertz CT molecular complexity index is 860. The number of carbonyl (C=O) groups excluding carboxylic acids is 2. The Kier molecular flexibility index (Phi) is 6.64. The molecule has 1 saturated heterocycles. The van der Waals surface area contributed by atoms with Crippen LogP contribution in [-0.2, 0) is 4.74 Å². The molecular weight excluding hydrogens is 366 g/mol. The number of rotatable bonds is 5. The van der Waals surface area contributed by atoms with Gasteiger partial charge in [0.15, 0.2) is 0 Å². The van der Waals surface area contributed by atoms with Crippen LogP contribution in [-0.4, -0.2) is 48.0 Å².